The topological polar surface area (TPSA) is 75.6 Å². The third-order valence-electron chi connectivity index (χ3n) is 2.48. The molecule has 1 heterocycles. The number of thioether (sulfide) groups is 1. The Bertz CT molecular complexity index is 595. The molecule has 7 heteroatoms. The smallest absolute Gasteiger partial charge is 0.344 e. The molecule has 0 bridgehead atoms. The number of carboxylic acids is 1. The van der Waals surface area contributed by atoms with Gasteiger partial charge in [-0.05, 0) is 30.7 Å². The Kier molecular flexibility index (Phi) is 4.41. The lowest BCUT2D eigenvalue weighted by atomic mass is 10.2. The minimum Gasteiger partial charge on any atom is -0.479 e. The molecule has 20 heavy (non-hydrogen) atoms. The van der Waals surface area contributed by atoms with Crippen LogP contribution < -0.4 is 10.1 Å². The standard InChI is InChI=1S/C13H11NO4S2/c1-7(12(16)17)18-9-4-2-8(3-5-9)6-10-11(15)14-13(19)20-10/h2-7H,1H3,(H,16,17)(H,14,15,19)/b10-6+/t7-/m1/s1. The number of carboxylic acid groups (broad SMARTS) is 1. The first kappa shape index (κ1) is 14.5. The summed E-state index contributed by atoms with van der Waals surface area (Å²) < 4.78 is 5.65. The number of carbonyl (C=O) groups is 2. The highest BCUT2D eigenvalue weighted by Crippen LogP contribution is 2.26. The molecule has 0 spiro atoms. The first-order valence-electron chi connectivity index (χ1n) is 5.70. The van der Waals surface area contributed by atoms with Crippen molar-refractivity contribution in [3.05, 3.63) is 34.7 Å². The summed E-state index contributed by atoms with van der Waals surface area (Å²) in [6.45, 7) is 1.46. The molecule has 1 aromatic rings. The maximum atomic E-state index is 11.5. The van der Waals surface area contributed by atoms with Crippen LogP contribution in [0.15, 0.2) is 29.2 Å². The van der Waals surface area contributed by atoms with E-state index in [4.69, 9.17) is 22.1 Å². The van der Waals surface area contributed by atoms with Gasteiger partial charge in [-0.15, -0.1) is 0 Å². The number of carbonyl (C=O) groups excluding carboxylic acids is 1. The van der Waals surface area contributed by atoms with Crippen LogP contribution in [0.1, 0.15) is 12.5 Å². The number of rotatable bonds is 4. The molecule has 0 aliphatic carbocycles. The van der Waals surface area contributed by atoms with Crippen molar-refractivity contribution < 1.29 is 19.4 Å². The Hall–Kier alpha value is -1.86. The molecule has 2 rings (SSSR count). The van der Waals surface area contributed by atoms with Gasteiger partial charge in [-0.3, -0.25) is 4.79 Å². The van der Waals surface area contributed by atoms with Crippen LogP contribution in [-0.4, -0.2) is 27.4 Å². The average Bonchev–Trinajstić information content (AvgIpc) is 2.70. The molecule has 0 aromatic heterocycles. The maximum Gasteiger partial charge on any atom is 0.344 e. The third kappa shape index (κ3) is 3.58. The van der Waals surface area contributed by atoms with Gasteiger partial charge in [-0.25, -0.2) is 4.79 Å². The molecule has 2 N–H and O–H groups in total. The van der Waals surface area contributed by atoms with E-state index in [1.807, 2.05) is 0 Å². The number of amides is 1. The Labute approximate surface area is 125 Å². The van der Waals surface area contributed by atoms with Crippen molar-refractivity contribution >= 4 is 46.3 Å². The highest BCUT2D eigenvalue weighted by atomic mass is 32.2. The van der Waals surface area contributed by atoms with E-state index >= 15 is 0 Å². The van der Waals surface area contributed by atoms with Crippen LogP contribution in [0, 0.1) is 0 Å². The zero-order chi connectivity index (χ0) is 14.7. The Balaban J connectivity index is 2.09. The van der Waals surface area contributed by atoms with Crippen molar-refractivity contribution in [3.8, 4) is 5.75 Å². The normalized spacial score (nSPS) is 17.9. The van der Waals surface area contributed by atoms with Crippen molar-refractivity contribution in [1.29, 1.82) is 0 Å². The maximum absolute atomic E-state index is 11.5. The fraction of sp³-hybridized carbons (Fsp3) is 0.154. The van der Waals surface area contributed by atoms with E-state index in [0.717, 1.165) is 5.56 Å². The van der Waals surface area contributed by atoms with Crippen LogP contribution in [0.4, 0.5) is 0 Å². The van der Waals surface area contributed by atoms with Crippen LogP contribution in [0.5, 0.6) is 5.75 Å². The second kappa shape index (κ2) is 6.06. The first-order chi connectivity index (χ1) is 9.45. The lowest BCUT2D eigenvalue weighted by Crippen LogP contribution is -2.22. The molecule has 1 aromatic carbocycles. The van der Waals surface area contributed by atoms with E-state index in [1.165, 1.54) is 18.7 Å². The average molecular weight is 309 g/mol. The molecule has 0 saturated carbocycles. The summed E-state index contributed by atoms with van der Waals surface area (Å²) in [7, 11) is 0. The van der Waals surface area contributed by atoms with Gasteiger partial charge in [0.05, 0.1) is 4.91 Å². The largest absolute Gasteiger partial charge is 0.479 e. The van der Waals surface area contributed by atoms with Gasteiger partial charge in [0.2, 0.25) is 0 Å². The molecular formula is C13H11NO4S2. The van der Waals surface area contributed by atoms with E-state index in [2.05, 4.69) is 5.32 Å². The number of ether oxygens (including phenoxy) is 1. The van der Waals surface area contributed by atoms with Gasteiger partial charge in [0.15, 0.2) is 6.10 Å². The molecule has 1 atom stereocenters. The molecule has 0 radical (unpaired) electrons. The van der Waals surface area contributed by atoms with Crippen molar-refractivity contribution in [2.45, 2.75) is 13.0 Å². The van der Waals surface area contributed by atoms with Crippen molar-refractivity contribution in [1.82, 2.24) is 5.32 Å². The highest BCUT2D eigenvalue weighted by Gasteiger charge is 2.21. The number of thiocarbonyl (C=S) groups is 1. The summed E-state index contributed by atoms with van der Waals surface area (Å²) in [6.07, 6.45) is 0.803. The lowest BCUT2D eigenvalue weighted by Gasteiger charge is -2.10. The SMILES string of the molecule is C[C@@H](Oc1ccc(/C=C2/SC(=S)NC2=O)cc1)C(=O)O. The summed E-state index contributed by atoms with van der Waals surface area (Å²) >= 11 is 6.11. The quantitative estimate of drug-likeness (QED) is 0.655. The van der Waals surface area contributed by atoms with Gasteiger partial charge in [-0.2, -0.15) is 0 Å². The molecule has 1 amide bonds. The van der Waals surface area contributed by atoms with Crippen molar-refractivity contribution in [2.75, 3.05) is 0 Å². The van der Waals surface area contributed by atoms with Gasteiger partial charge >= 0.3 is 5.97 Å². The summed E-state index contributed by atoms with van der Waals surface area (Å²) in [5.41, 5.74) is 0.808. The van der Waals surface area contributed by atoms with Crippen LogP contribution in [0.3, 0.4) is 0 Å². The van der Waals surface area contributed by atoms with E-state index in [-0.39, 0.29) is 5.91 Å². The molecule has 1 saturated heterocycles. The fourth-order valence-electron chi connectivity index (χ4n) is 1.47. The summed E-state index contributed by atoms with van der Waals surface area (Å²) in [5.74, 6) is -0.773. The number of nitrogens with one attached hydrogen (secondary N) is 1. The Morgan fingerprint density at radius 1 is 1.45 bits per heavy atom. The van der Waals surface area contributed by atoms with E-state index < -0.39 is 12.1 Å². The van der Waals surface area contributed by atoms with Gasteiger partial charge in [0, 0.05) is 0 Å². The molecule has 104 valence electrons. The molecule has 1 fully saturated rings. The lowest BCUT2D eigenvalue weighted by molar-refractivity contribution is -0.144. The Morgan fingerprint density at radius 3 is 2.60 bits per heavy atom. The predicted octanol–water partition coefficient (Wildman–Crippen LogP) is 2.03. The van der Waals surface area contributed by atoms with Gasteiger partial charge in [-0.1, -0.05) is 36.1 Å². The summed E-state index contributed by atoms with van der Waals surface area (Å²) in [5, 5.41) is 11.3. The number of hydrogen-bond donors (Lipinski definition) is 2. The number of benzene rings is 1. The fourth-order valence-corrected chi connectivity index (χ4v) is 2.51. The summed E-state index contributed by atoms with van der Waals surface area (Å²) in [6, 6.07) is 6.79. The number of aliphatic carboxylic acids is 1. The van der Waals surface area contributed by atoms with Crippen molar-refractivity contribution in [2.24, 2.45) is 0 Å². The zero-order valence-corrected chi connectivity index (χ0v) is 12.1. The highest BCUT2D eigenvalue weighted by molar-refractivity contribution is 8.26. The van der Waals surface area contributed by atoms with Gasteiger partial charge in [0.1, 0.15) is 10.1 Å². The second-order valence-electron chi connectivity index (χ2n) is 4.02. The number of hydrogen-bond acceptors (Lipinski definition) is 5. The van der Waals surface area contributed by atoms with Gasteiger partial charge in [0.25, 0.3) is 5.91 Å². The Morgan fingerprint density at radius 2 is 2.10 bits per heavy atom. The molecule has 1 aliphatic heterocycles. The first-order valence-corrected chi connectivity index (χ1v) is 6.92. The third-order valence-corrected chi connectivity index (χ3v) is 3.64. The van der Waals surface area contributed by atoms with Crippen LogP contribution in [0.25, 0.3) is 6.08 Å². The molecule has 0 unspecified atom stereocenters. The second-order valence-corrected chi connectivity index (χ2v) is 5.74. The molecular weight excluding hydrogens is 298 g/mol. The monoisotopic (exact) mass is 309 g/mol. The van der Waals surface area contributed by atoms with Crippen LogP contribution in [-0.2, 0) is 9.59 Å². The van der Waals surface area contributed by atoms with Crippen LogP contribution >= 0.6 is 24.0 Å². The molecule has 5 nitrogen and oxygen atoms in total. The minimum absolute atomic E-state index is 0.208. The van der Waals surface area contributed by atoms with Crippen molar-refractivity contribution in [3.63, 3.8) is 0 Å². The van der Waals surface area contributed by atoms with Gasteiger partial charge < -0.3 is 15.2 Å². The summed E-state index contributed by atoms with van der Waals surface area (Å²) in [4.78, 5) is 22.7. The van der Waals surface area contributed by atoms with E-state index in [9.17, 15) is 9.59 Å². The van der Waals surface area contributed by atoms with E-state index in [1.54, 1.807) is 30.3 Å². The predicted molar refractivity (Wildman–Crippen MR) is 80.5 cm³/mol. The van der Waals surface area contributed by atoms with E-state index in [0.29, 0.717) is 15.0 Å². The van der Waals surface area contributed by atoms with Crippen LogP contribution in [0.2, 0.25) is 0 Å². The minimum atomic E-state index is -1.02. The molecule has 1 aliphatic rings. The zero-order valence-electron chi connectivity index (χ0n) is 10.5.